The van der Waals surface area contributed by atoms with Crippen LogP contribution in [0, 0.1) is 0 Å². The number of benzene rings is 2. The maximum absolute atomic E-state index is 12.6. The summed E-state index contributed by atoms with van der Waals surface area (Å²) in [5.74, 6) is 0.547. The van der Waals surface area contributed by atoms with Crippen LogP contribution >= 0.6 is 27.3 Å². The first-order valence-corrected chi connectivity index (χ1v) is 9.56. The molecule has 6 nitrogen and oxygen atoms in total. The summed E-state index contributed by atoms with van der Waals surface area (Å²) in [6.45, 7) is 1.34. The quantitative estimate of drug-likeness (QED) is 0.360. The standard InChI is InChI=1S/C19H12BrN3O3S/c1-11(24)26-15-4-2-3-12(9-15)10-16-18(25)23-19(27-16)21-17(22-23)13-5-7-14(20)8-6-13/h2-10H,1H3/b16-10+. The summed E-state index contributed by atoms with van der Waals surface area (Å²) in [6, 6.07) is 14.6. The zero-order valence-electron chi connectivity index (χ0n) is 14.0. The van der Waals surface area contributed by atoms with Gasteiger partial charge in [0.2, 0.25) is 4.96 Å². The van der Waals surface area contributed by atoms with Gasteiger partial charge in [-0.3, -0.25) is 9.59 Å². The van der Waals surface area contributed by atoms with Gasteiger partial charge in [0.1, 0.15) is 5.75 Å². The number of halogens is 1. The average molecular weight is 442 g/mol. The minimum absolute atomic E-state index is 0.233. The number of esters is 1. The van der Waals surface area contributed by atoms with Crippen LogP contribution in [0.1, 0.15) is 12.5 Å². The number of hydrogen-bond donors (Lipinski definition) is 0. The Kier molecular flexibility index (Phi) is 4.59. The molecule has 4 rings (SSSR count). The van der Waals surface area contributed by atoms with E-state index in [1.807, 2.05) is 30.3 Å². The van der Waals surface area contributed by atoms with E-state index < -0.39 is 5.97 Å². The predicted molar refractivity (Wildman–Crippen MR) is 107 cm³/mol. The summed E-state index contributed by atoms with van der Waals surface area (Å²) in [5.41, 5.74) is 1.36. The molecule has 0 radical (unpaired) electrons. The molecule has 2 aromatic heterocycles. The first kappa shape index (κ1) is 17.6. The predicted octanol–water partition coefficient (Wildman–Crippen LogP) is 3.05. The third-order valence-electron chi connectivity index (χ3n) is 3.70. The minimum atomic E-state index is -0.393. The molecule has 4 aromatic rings. The van der Waals surface area contributed by atoms with Crippen LogP contribution in [0.5, 0.6) is 5.75 Å². The van der Waals surface area contributed by atoms with E-state index in [9.17, 15) is 9.59 Å². The van der Waals surface area contributed by atoms with E-state index in [2.05, 4.69) is 26.0 Å². The maximum Gasteiger partial charge on any atom is 0.308 e. The Morgan fingerprint density at radius 2 is 2.00 bits per heavy atom. The summed E-state index contributed by atoms with van der Waals surface area (Å²) >= 11 is 4.65. The molecule has 0 aliphatic heterocycles. The van der Waals surface area contributed by atoms with E-state index in [1.165, 1.54) is 22.8 Å². The fourth-order valence-electron chi connectivity index (χ4n) is 2.54. The average Bonchev–Trinajstić information content (AvgIpc) is 3.16. The molecule has 0 spiro atoms. The van der Waals surface area contributed by atoms with Gasteiger partial charge in [0.15, 0.2) is 5.82 Å². The zero-order chi connectivity index (χ0) is 19.0. The van der Waals surface area contributed by atoms with Crippen molar-refractivity contribution in [3.05, 3.63) is 73.5 Å². The molecular formula is C19H12BrN3O3S. The third-order valence-corrected chi connectivity index (χ3v) is 5.19. The topological polar surface area (TPSA) is 73.6 Å². The summed E-state index contributed by atoms with van der Waals surface area (Å²) in [4.78, 5) is 28.7. The van der Waals surface area contributed by atoms with Gasteiger partial charge in [0.25, 0.3) is 5.56 Å². The Morgan fingerprint density at radius 1 is 1.22 bits per heavy atom. The fraction of sp³-hybridized carbons (Fsp3) is 0.0526. The highest BCUT2D eigenvalue weighted by molar-refractivity contribution is 9.10. The van der Waals surface area contributed by atoms with Gasteiger partial charge < -0.3 is 4.74 Å². The van der Waals surface area contributed by atoms with Crippen molar-refractivity contribution in [2.75, 3.05) is 0 Å². The molecule has 0 saturated carbocycles. The summed E-state index contributed by atoms with van der Waals surface area (Å²) in [5, 5.41) is 4.33. The number of carbonyl (C=O) groups excluding carboxylic acids is 1. The van der Waals surface area contributed by atoms with Crippen LogP contribution in [0.25, 0.3) is 22.4 Å². The minimum Gasteiger partial charge on any atom is -0.427 e. The van der Waals surface area contributed by atoms with Crippen molar-refractivity contribution in [3.63, 3.8) is 0 Å². The molecule has 0 amide bonds. The van der Waals surface area contributed by atoms with E-state index in [0.29, 0.717) is 21.1 Å². The smallest absolute Gasteiger partial charge is 0.308 e. The van der Waals surface area contributed by atoms with Gasteiger partial charge in [-0.25, -0.2) is 0 Å². The Bertz CT molecular complexity index is 1260. The van der Waals surface area contributed by atoms with Crippen molar-refractivity contribution in [2.45, 2.75) is 6.92 Å². The fourth-order valence-corrected chi connectivity index (χ4v) is 3.71. The van der Waals surface area contributed by atoms with Gasteiger partial charge in [0.05, 0.1) is 4.53 Å². The van der Waals surface area contributed by atoms with Gasteiger partial charge >= 0.3 is 5.97 Å². The van der Waals surface area contributed by atoms with Crippen LogP contribution in [0.4, 0.5) is 0 Å². The molecule has 0 N–H and O–H groups in total. The van der Waals surface area contributed by atoms with E-state index in [0.717, 1.165) is 15.6 Å². The molecular weight excluding hydrogens is 430 g/mol. The van der Waals surface area contributed by atoms with Crippen LogP contribution in [0.15, 0.2) is 57.8 Å². The zero-order valence-corrected chi connectivity index (χ0v) is 16.5. The summed E-state index contributed by atoms with van der Waals surface area (Å²) in [6.07, 6.45) is 1.73. The molecule has 0 aliphatic rings. The number of ether oxygens (including phenoxy) is 1. The molecule has 2 aromatic carbocycles. The van der Waals surface area contributed by atoms with Crippen molar-refractivity contribution in [2.24, 2.45) is 0 Å². The monoisotopic (exact) mass is 441 g/mol. The molecule has 0 unspecified atom stereocenters. The molecule has 0 bridgehead atoms. The number of rotatable bonds is 3. The van der Waals surface area contributed by atoms with E-state index in [-0.39, 0.29) is 5.56 Å². The highest BCUT2D eigenvalue weighted by Gasteiger charge is 2.12. The number of fused-ring (bicyclic) bond motifs is 1. The van der Waals surface area contributed by atoms with Crippen molar-refractivity contribution < 1.29 is 9.53 Å². The Morgan fingerprint density at radius 3 is 2.70 bits per heavy atom. The molecule has 0 atom stereocenters. The lowest BCUT2D eigenvalue weighted by Gasteiger charge is -2.01. The summed E-state index contributed by atoms with van der Waals surface area (Å²) < 4.78 is 7.85. The first-order chi connectivity index (χ1) is 13.0. The molecule has 8 heteroatoms. The van der Waals surface area contributed by atoms with Gasteiger partial charge in [-0.05, 0) is 35.9 Å². The Hall–Kier alpha value is -2.84. The van der Waals surface area contributed by atoms with Crippen LogP contribution < -0.4 is 14.8 Å². The van der Waals surface area contributed by atoms with E-state index in [4.69, 9.17) is 4.74 Å². The number of aromatic nitrogens is 3. The largest absolute Gasteiger partial charge is 0.427 e. The second-order valence-electron chi connectivity index (χ2n) is 5.72. The van der Waals surface area contributed by atoms with Gasteiger partial charge in [0, 0.05) is 17.0 Å². The second kappa shape index (κ2) is 7.05. The highest BCUT2D eigenvalue weighted by atomic mass is 79.9. The molecule has 0 saturated heterocycles. The summed E-state index contributed by atoms with van der Waals surface area (Å²) in [7, 11) is 0. The van der Waals surface area contributed by atoms with Crippen molar-refractivity contribution >= 4 is 44.3 Å². The van der Waals surface area contributed by atoms with E-state index in [1.54, 1.807) is 24.3 Å². The lowest BCUT2D eigenvalue weighted by Crippen LogP contribution is -2.23. The second-order valence-corrected chi connectivity index (χ2v) is 7.64. The lowest BCUT2D eigenvalue weighted by molar-refractivity contribution is -0.131. The lowest BCUT2D eigenvalue weighted by atomic mass is 10.2. The Labute approximate surface area is 165 Å². The number of thiazole rings is 1. The van der Waals surface area contributed by atoms with Crippen molar-refractivity contribution in [3.8, 4) is 17.1 Å². The van der Waals surface area contributed by atoms with Crippen molar-refractivity contribution in [1.29, 1.82) is 0 Å². The van der Waals surface area contributed by atoms with Crippen molar-refractivity contribution in [1.82, 2.24) is 14.6 Å². The van der Waals surface area contributed by atoms with Crippen LogP contribution in [-0.4, -0.2) is 20.6 Å². The molecule has 0 fully saturated rings. The highest BCUT2D eigenvalue weighted by Crippen LogP contribution is 2.19. The van der Waals surface area contributed by atoms with Gasteiger partial charge in [-0.1, -0.05) is 51.5 Å². The third kappa shape index (κ3) is 3.67. The van der Waals surface area contributed by atoms with Crippen LogP contribution in [-0.2, 0) is 4.79 Å². The van der Waals surface area contributed by atoms with Gasteiger partial charge in [-0.2, -0.15) is 9.50 Å². The molecule has 27 heavy (non-hydrogen) atoms. The van der Waals surface area contributed by atoms with Crippen LogP contribution in [0.2, 0.25) is 0 Å². The molecule has 2 heterocycles. The van der Waals surface area contributed by atoms with Crippen LogP contribution in [0.3, 0.4) is 0 Å². The Balaban J connectivity index is 1.73. The number of nitrogens with zero attached hydrogens (tertiary/aromatic N) is 3. The SMILES string of the molecule is CC(=O)Oc1cccc(/C=c2/sc3nc(-c4ccc(Br)cc4)nn3c2=O)c1. The van der Waals surface area contributed by atoms with Gasteiger partial charge in [-0.15, -0.1) is 5.10 Å². The first-order valence-electron chi connectivity index (χ1n) is 7.95. The normalized spacial score (nSPS) is 11.9. The van der Waals surface area contributed by atoms with E-state index >= 15 is 0 Å². The number of carbonyl (C=O) groups is 1. The molecule has 134 valence electrons. The maximum atomic E-state index is 12.6. The number of hydrogen-bond acceptors (Lipinski definition) is 6. The molecule has 0 aliphatic carbocycles.